The molecular formula is C31H27BCl2N2O4. The number of halogens is 2. The van der Waals surface area contributed by atoms with Gasteiger partial charge in [0.2, 0.25) is 11.8 Å². The molecule has 0 aromatic heterocycles. The summed E-state index contributed by atoms with van der Waals surface area (Å²) < 4.78 is 11.7. The van der Waals surface area contributed by atoms with Gasteiger partial charge in [0.25, 0.3) is 0 Å². The molecule has 0 bridgehead atoms. The lowest BCUT2D eigenvalue weighted by Gasteiger charge is -2.49. The molecule has 0 radical (unpaired) electrons. The quantitative estimate of drug-likeness (QED) is 0.414. The first-order chi connectivity index (χ1) is 19.3. The smallest absolute Gasteiger partial charge is 0.237 e. The van der Waals surface area contributed by atoms with Gasteiger partial charge >= 0.3 is 0 Å². The Balaban J connectivity index is 1.54. The Bertz CT molecular complexity index is 1570. The van der Waals surface area contributed by atoms with Crippen molar-refractivity contribution in [1.29, 1.82) is 0 Å². The minimum atomic E-state index is -1.14. The molecule has 1 aliphatic carbocycles. The van der Waals surface area contributed by atoms with E-state index in [2.05, 4.69) is 16.7 Å². The van der Waals surface area contributed by atoms with Crippen molar-refractivity contribution < 1.29 is 19.1 Å². The van der Waals surface area contributed by atoms with Gasteiger partial charge in [-0.15, -0.1) is 0 Å². The number of hydrogen-bond acceptors (Lipinski definition) is 4. The maximum absolute atomic E-state index is 14.3. The van der Waals surface area contributed by atoms with Crippen molar-refractivity contribution in [2.45, 2.75) is 24.3 Å². The Morgan fingerprint density at radius 3 is 2.50 bits per heavy atom. The molecule has 0 saturated carbocycles. The fourth-order valence-corrected chi connectivity index (χ4v) is 6.82. The number of fused-ring (bicyclic) bond motifs is 2. The zero-order valence-corrected chi connectivity index (χ0v) is 23.6. The van der Waals surface area contributed by atoms with Crippen LogP contribution in [0.3, 0.4) is 0 Å². The summed E-state index contributed by atoms with van der Waals surface area (Å²) in [7, 11) is 3.59. The van der Waals surface area contributed by atoms with Gasteiger partial charge in [0.05, 0.1) is 13.2 Å². The van der Waals surface area contributed by atoms with Gasteiger partial charge in [-0.2, -0.15) is 0 Å². The summed E-state index contributed by atoms with van der Waals surface area (Å²) in [6.45, 7) is 0. The molecule has 1 fully saturated rings. The molecule has 202 valence electrons. The van der Waals surface area contributed by atoms with Crippen molar-refractivity contribution in [1.82, 2.24) is 5.32 Å². The molecule has 6 rings (SSSR count). The maximum Gasteiger partial charge on any atom is 0.237 e. The van der Waals surface area contributed by atoms with Crippen LogP contribution in [0, 0.1) is 11.8 Å². The number of carbonyl (C=O) groups is 2. The van der Waals surface area contributed by atoms with Gasteiger partial charge < -0.3 is 20.1 Å². The van der Waals surface area contributed by atoms with Gasteiger partial charge in [0, 0.05) is 27.7 Å². The largest absolute Gasteiger partial charge is 0.497 e. The molecular weight excluding hydrogens is 546 g/mol. The van der Waals surface area contributed by atoms with Crippen LogP contribution >= 0.6 is 23.2 Å². The summed E-state index contributed by atoms with van der Waals surface area (Å²) in [5.74, 6) is 1.05. The summed E-state index contributed by atoms with van der Waals surface area (Å²) in [5, 5.41) is 7.50. The molecule has 2 heterocycles. The third-order valence-electron chi connectivity index (χ3n) is 8.15. The molecule has 4 atom stereocenters. The number of piperidine rings is 1. The highest BCUT2D eigenvalue weighted by molar-refractivity contribution is 6.32. The Morgan fingerprint density at radius 2 is 1.75 bits per heavy atom. The number of amides is 2. The van der Waals surface area contributed by atoms with Gasteiger partial charge in [0.15, 0.2) is 0 Å². The van der Waals surface area contributed by atoms with Crippen LogP contribution in [0.25, 0.3) is 0 Å². The molecule has 1 unspecified atom stereocenters. The first-order valence-corrected chi connectivity index (χ1v) is 13.9. The molecule has 2 aliphatic heterocycles. The van der Waals surface area contributed by atoms with Crippen LogP contribution < -0.4 is 25.6 Å². The topological polar surface area (TPSA) is 76.7 Å². The van der Waals surface area contributed by atoms with E-state index in [0.717, 1.165) is 11.0 Å². The van der Waals surface area contributed by atoms with E-state index in [1.807, 2.05) is 68.5 Å². The van der Waals surface area contributed by atoms with Crippen molar-refractivity contribution in [3.05, 3.63) is 100 Å². The van der Waals surface area contributed by atoms with Crippen LogP contribution in [-0.2, 0) is 15.0 Å². The van der Waals surface area contributed by atoms with Crippen molar-refractivity contribution in [3.8, 4) is 17.2 Å². The molecule has 40 heavy (non-hydrogen) atoms. The van der Waals surface area contributed by atoms with Crippen LogP contribution in [0.2, 0.25) is 5.02 Å². The SMILES string of the molecule is Bc1ccc(Oc2ccc(OC)cc2)c([C@H]2NC(=O)CC([C@@H]3C=CC=C(Cl)C3)[C@]23C(=O)Nc2cc(Cl)ccc23)c1. The third kappa shape index (κ3) is 4.47. The Morgan fingerprint density at radius 1 is 0.975 bits per heavy atom. The Labute approximate surface area is 243 Å². The average Bonchev–Trinajstić information content (AvgIpc) is 3.22. The standard InChI is InChI=1S/C31H27BCl2N2O4/c1-39-21-7-9-22(10-8-21)40-27-12-5-18(32)14-23(27)29-31(24-11-6-20(34)15-26(24)35-30(31)38)25(16-28(37)36-29)17-3-2-4-19(33)13-17/h2-12,14-15,17,25,29H,13,16,32H2,1H3,(H,35,38)(H,36,37)/t17-,25?,29-,31+/m1/s1. The van der Waals surface area contributed by atoms with Crippen LogP contribution in [0.1, 0.15) is 30.0 Å². The predicted molar refractivity (Wildman–Crippen MR) is 160 cm³/mol. The molecule has 2 N–H and O–H groups in total. The first-order valence-electron chi connectivity index (χ1n) is 13.2. The Kier molecular flexibility index (Phi) is 6.89. The van der Waals surface area contributed by atoms with Crippen molar-refractivity contribution in [2.24, 2.45) is 11.8 Å². The number of ether oxygens (including phenoxy) is 2. The number of rotatable bonds is 5. The summed E-state index contributed by atoms with van der Waals surface area (Å²) in [5.41, 5.74) is 2.00. The van der Waals surface area contributed by atoms with E-state index >= 15 is 0 Å². The third-order valence-corrected chi connectivity index (χ3v) is 8.66. The van der Waals surface area contributed by atoms with E-state index in [9.17, 15) is 9.59 Å². The number of methoxy groups -OCH3 is 1. The van der Waals surface area contributed by atoms with Crippen LogP contribution in [0.4, 0.5) is 5.69 Å². The zero-order chi connectivity index (χ0) is 28.0. The lowest BCUT2D eigenvalue weighted by molar-refractivity contribution is -0.135. The summed E-state index contributed by atoms with van der Waals surface area (Å²) in [4.78, 5) is 27.8. The number of hydrogen-bond donors (Lipinski definition) is 2. The predicted octanol–water partition coefficient (Wildman–Crippen LogP) is 5.17. The number of anilines is 1. The first kappa shape index (κ1) is 26.5. The minimum Gasteiger partial charge on any atom is -0.497 e. The number of allylic oxidation sites excluding steroid dienone is 4. The van der Waals surface area contributed by atoms with E-state index in [1.54, 1.807) is 19.2 Å². The van der Waals surface area contributed by atoms with E-state index in [0.29, 0.717) is 45.0 Å². The van der Waals surface area contributed by atoms with Gasteiger partial charge in [-0.1, -0.05) is 59.0 Å². The Hall–Kier alpha value is -3.68. The molecule has 1 spiro atoms. The summed E-state index contributed by atoms with van der Waals surface area (Å²) >= 11 is 12.8. The monoisotopic (exact) mass is 572 g/mol. The van der Waals surface area contributed by atoms with E-state index < -0.39 is 11.5 Å². The highest BCUT2D eigenvalue weighted by Crippen LogP contribution is 2.58. The van der Waals surface area contributed by atoms with Gasteiger partial charge in [-0.05, 0) is 72.4 Å². The fourth-order valence-electron chi connectivity index (χ4n) is 6.40. The number of benzene rings is 3. The summed E-state index contributed by atoms with van der Waals surface area (Å²) in [6.07, 6.45) is 6.54. The van der Waals surface area contributed by atoms with E-state index in [1.165, 1.54) is 0 Å². The minimum absolute atomic E-state index is 0.130. The second-order valence-corrected chi connectivity index (χ2v) is 11.4. The second-order valence-electron chi connectivity index (χ2n) is 10.5. The summed E-state index contributed by atoms with van der Waals surface area (Å²) in [6, 6.07) is 17.8. The normalized spacial score (nSPS) is 25.2. The fraction of sp³-hybridized carbons (Fsp3) is 0.226. The lowest BCUT2D eigenvalue weighted by atomic mass is 9.56. The lowest BCUT2D eigenvalue weighted by Crippen LogP contribution is -2.59. The van der Waals surface area contributed by atoms with Gasteiger partial charge in [-0.3, -0.25) is 9.59 Å². The molecule has 3 aliphatic rings. The highest BCUT2D eigenvalue weighted by Gasteiger charge is 2.62. The molecule has 9 heteroatoms. The van der Waals surface area contributed by atoms with Gasteiger partial charge in [0.1, 0.15) is 30.5 Å². The molecule has 1 saturated heterocycles. The van der Waals surface area contributed by atoms with Crippen molar-refractivity contribution in [2.75, 3.05) is 12.4 Å². The van der Waals surface area contributed by atoms with E-state index in [4.69, 9.17) is 32.7 Å². The molecule has 3 aromatic carbocycles. The van der Waals surface area contributed by atoms with Crippen LogP contribution in [-0.4, -0.2) is 26.8 Å². The number of nitrogens with one attached hydrogen (secondary N) is 2. The zero-order valence-electron chi connectivity index (χ0n) is 22.0. The van der Waals surface area contributed by atoms with Crippen molar-refractivity contribution >= 4 is 54.0 Å². The van der Waals surface area contributed by atoms with E-state index in [-0.39, 0.29) is 30.1 Å². The number of carbonyl (C=O) groups excluding carboxylic acids is 2. The highest BCUT2D eigenvalue weighted by atomic mass is 35.5. The second kappa shape index (κ2) is 10.4. The molecule has 6 nitrogen and oxygen atoms in total. The van der Waals surface area contributed by atoms with Crippen LogP contribution in [0.15, 0.2) is 83.9 Å². The maximum atomic E-state index is 14.3. The molecule has 2 amide bonds. The van der Waals surface area contributed by atoms with Crippen LogP contribution in [0.5, 0.6) is 17.2 Å². The molecule has 3 aromatic rings. The van der Waals surface area contributed by atoms with Crippen molar-refractivity contribution in [3.63, 3.8) is 0 Å². The average molecular weight is 573 g/mol. The van der Waals surface area contributed by atoms with Gasteiger partial charge in [-0.25, -0.2) is 0 Å².